The summed E-state index contributed by atoms with van der Waals surface area (Å²) < 4.78 is 0.529. The van der Waals surface area contributed by atoms with Crippen LogP contribution in [0.15, 0.2) is 0 Å². The summed E-state index contributed by atoms with van der Waals surface area (Å²) >= 11 is 11.1. The maximum absolute atomic E-state index is 3.80. The van der Waals surface area contributed by atoms with E-state index in [1.54, 1.807) is 0 Å². The Morgan fingerprint density at radius 2 is 1.43 bits per heavy atom. The fraction of sp³-hybridized carbons (Fsp3) is 1.00. The van der Waals surface area contributed by atoms with Crippen LogP contribution >= 0.6 is 47.8 Å². The van der Waals surface area contributed by atoms with E-state index in [1.807, 2.05) is 0 Å². The molecule has 0 spiro atoms. The van der Waals surface area contributed by atoms with Gasteiger partial charge in [-0.25, -0.2) is 0 Å². The molecule has 3 heteroatoms. The van der Waals surface area contributed by atoms with Gasteiger partial charge >= 0.3 is 0 Å². The summed E-state index contributed by atoms with van der Waals surface area (Å²) in [5.74, 6) is 0. The number of hydrogen-bond donors (Lipinski definition) is 0. The number of unbranched alkanes of at least 4 members (excludes halogenated alkanes) is 5. The van der Waals surface area contributed by atoms with Gasteiger partial charge in [-0.05, 0) is 12.8 Å². The minimum atomic E-state index is 0.191. The summed E-state index contributed by atoms with van der Waals surface area (Å²) in [5.41, 5.74) is 0. The molecule has 0 heterocycles. The van der Waals surface area contributed by atoms with E-state index < -0.39 is 0 Å². The molecule has 1 aliphatic carbocycles. The third-order valence-corrected chi connectivity index (χ3v) is 7.46. The van der Waals surface area contributed by atoms with Crippen molar-refractivity contribution in [2.24, 2.45) is 0 Å². The third kappa shape index (κ3) is 3.79. The summed E-state index contributed by atoms with van der Waals surface area (Å²) in [5, 5.41) is 0. The second-order valence-corrected chi connectivity index (χ2v) is 9.65. The van der Waals surface area contributed by atoms with Crippen LogP contribution in [-0.4, -0.2) is 7.56 Å². The third-order valence-electron chi connectivity index (χ3n) is 2.96. The van der Waals surface area contributed by atoms with Gasteiger partial charge in [0.2, 0.25) is 0 Å². The van der Waals surface area contributed by atoms with Gasteiger partial charge in [-0.15, -0.1) is 0 Å². The van der Waals surface area contributed by atoms with E-state index in [2.05, 4.69) is 54.7 Å². The molecule has 0 radical (unpaired) electrons. The van der Waals surface area contributed by atoms with Crippen molar-refractivity contribution in [1.29, 1.82) is 0 Å². The van der Waals surface area contributed by atoms with Crippen LogP contribution in [0.3, 0.4) is 0 Å². The van der Waals surface area contributed by atoms with Crippen LogP contribution in [-0.2, 0) is 0 Å². The van der Waals surface area contributed by atoms with E-state index in [0.29, 0.717) is 4.32 Å². The Hall–Kier alpha value is 1.44. The molecule has 0 aromatic rings. The number of alkyl halides is 3. The van der Waals surface area contributed by atoms with Gasteiger partial charge in [0.15, 0.2) is 0 Å². The second kappa shape index (κ2) is 5.67. The molecule has 0 nitrogen and oxygen atoms in total. The molecule has 0 N–H and O–H groups in total. The predicted octanol–water partition coefficient (Wildman–Crippen LogP) is 5.76. The lowest BCUT2D eigenvalue weighted by molar-refractivity contribution is 0.582. The van der Waals surface area contributed by atoms with Crippen LogP contribution in [0.25, 0.3) is 0 Å². The monoisotopic (exact) mass is 388 g/mol. The predicted molar refractivity (Wildman–Crippen MR) is 74.9 cm³/mol. The quantitative estimate of drug-likeness (QED) is 0.383. The zero-order valence-corrected chi connectivity index (χ0v) is 13.5. The van der Waals surface area contributed by atoms with Crippen molar-refractivity contribution in [3.63, 3.8) is 0 Å². The molecule has 1 atom stereocenters. The smallest absolute Gasteiger partial charge is 0.0828 e. The SMILES string of the molecule is CCCCCCCC[C@]1(Br)CC1(Br)Br. The summed E-state index contributed by atoms with van der Waals surface area (Å²) in [7, 11) is 0. The Balaban J connectivity index is 1.95. The van der Waals surface area contributed by atoms with Crippen LogP contribution in [0, 0.1) is 0 Å². The molecule has 1 rings (SSSR count). The number of rotatable bonds is 7. The minimum Gasteiger partial charge on any atom is -0.0828 e. The highest BCUT2D eigenvalue weighted by atomic mass is 79.9. The van der Waals surface area contributed by atoms with Crippen molar-refractivity contribution in [1.82, 2.24) is 0 Å². The van der Waals surface area contributed by atoms with Crippen molar-refractivity contribution in [3.8, 4) is 0 Å². The number of hydrogen-bond acceptors (Lipinski definition) is 0. The molecule has 1 saturated carbocycles. The van der Waals surface area contributed by atoms with Crippen molar-refractivity contribution < 1.29 is 0 Å². The summed E-state index contributed by atoms with van der Waals surface area (Å²) in [6, 6.07) is 0. The second-order valence-electron chi connectivity index (χ2n) is 4.36. The van der Waals surface area contributed by atoms with Crippen molar-refractivity contribution in [2.45, 2.75) is 65.8 Å². The topological polar surface area (TPSA) is 0 Å². The van der Waals surface area contributed by atoms with Crippen LogP contribution in [0.1, 0.15) is 58.3 Å². The van der Waals surface area contributed by atoms with E-state index in [0.717, 1.165) is 0 Å². The van der Waals surface area contributed by atoms with Crippen molar-refractivity contribution >= 4 is 47.8 Å². The Labute approximate surface area is 113 Å². The molecule has 0 saturated heterocycles. The van der Waals surface area contributed by atoms with Crippen LogP contribution in [0.4, 0.5) is 0 Å². The molecule has 1 fully saturated rings. The highest BCUT2D eigenvalue weighted by Crippen LogP contribution is 2.67. The summed E-state index contributed by atoms with van der Waals surface area (Å²) in [4.78, 5) is 0. The molecule has 84 valence electrons. The first kappa shape index (κ1) is 13.5. The highest BCUT2D eigenvalue weighted by molar-refractivity contribution is 9.26. The van der Waals surface area contributed by atoms with Gasteiger partial charge < -0.3 is 0 Å². The van der Waals surface area contributed by atoms with E-state index >= 15 is 0 Å². The fourth-order valence-electron chi connectivity index (χ4n) is 1.76. The molecule has 0 bridgehead atoms. The van der Waals surface area contributed by atoms with Gasteiger partial charge in [0, 0.05) is 0 Å². The Morgan fingerprint density at radius 3 is 1.93 bits per heavy atom. The van der Waals surface area contributed by atoms with Gasteiger partial charge in [0.1, 0.15) is 0 Å². The average molecular weight is 391 g/mol. The molecule has 0 aromatic carbocycles. The Bertz CT molecular complexity index is 179. The van der Waals surface area contributed by atoms with E-state index in [4.69, 9.17) is 0 Å². The highest BCUT2D eigenvalue weighted by Gasteiger charge is 2.62. The lowest BCUT2D eigenvalue weighted by Crippen LogP contribution is -2.06. The van der Waals surface area contributed by atoms with E-state index in [-0.39, 0.29) is 3.23 Å². The van der Waals surface area contributed by atoms with Gasteiger partial charge in [0.05, 0.1) is 7.56 Å². The van der Waals surface area contributed by atoms with Crippen LogP contribution in [0.2, 0.25) is 0 Å². The zero-order chi connectivity index (χ0) is 10.7. The first-order valence-corrected chi connectivity index (χ1v) is 7.96. The molecule has 0 unspecified atom stereocenters. The lowest BCUT2D eigenvalue weighted by atomic mass is 10.1. The van der Waals surface area contributed by atoms with Crippen LogP contribution < -0.4 is 0 Å². The maximum Gasteiger partial charge on any atom is 0.0972 e. The average Bonchev–Trinajstić information content (AvgIpc) is 2.59. The zero-order valence-electron chi connectivity index (χ0n) is 8.79. The molecular formula is C11H19Br3. The molecule has 0 amide bonds. The number of halogens is 3. The van der Waals surface area contributed by atoms with Gasteiger partial charge in [0.25, 0.3) is 0 Å². The molecule has 0 aromatic heterocycles. The van der Waals surface area contributed by atoms with Gasteiger partial charge in [-0.2, -0.15) is 0 Å². The Kier molecular flexibility index (Phi) is 5.47. The molecule has 14 heavy (non-hydrogen) atoms. The van der Waals surface area contributed by atoms with Gasteiger partial charge in [-0.1, -0.05) is 93.2 Å². The largest absolute Gasteiger partial charge is 0.0972 e. The maximum atomic E-state index is 3.80. The fourth-order valence-corrected chi connectivity index (χ4v) is 4.57. The lowest BCUT2D eigenvalue weighted by Gasteiger charge is -2.09. The Morgan fingerprint density at radius 1 is 0.929 bits per heavy atom. The first-order chi connectivity index (χ1) is 6.52. The normalized spacial score (nSPS) is 29.1. The molecule has 0 aliphatic heterocycles. The standard InChI is InChI=1S/C11H19Br3/c1-2-3-4-5-6-7-8-10(12)9-11(10,13)14/h2-9H2,1H3/t10-/m0/s1. The van der Waals surface area contributed by atoms with Crippen molar-refractivity contribution in [3.05, 3.63) is 0 Å². The first-order valence-electron chi connectivity index (χ1n) is 5.58. The van der Waals surface area contributed by atoms with Crippen LogP contribution in [0.5, 0.6) is 0 Å². The van der Waals surface area contributed by atoms with E-state index in [1.165, 1.54) is 51.4 Å². The summed E-state index contributed by atoms with van der Waals surface area (Å²) in [6.07, 6.45) is 10.8. The molecular weight excluding hydrogens is 372 g/mol. The van der Waals surface area contributed by atoms with Crippen molar-refractivity contribution in [2.75, 3.05) is 0 Å². The molecule has 1 aliphatic rings. The minimum absolute atomic E-state index is 0.191. The van der Waals surface area contributed by atoms with Gasteiger partial charge in [-0.3, -0.25) is 0 Å². The summed E-state index contributed by atoms with van der Waals surface area (Å²) in [6.45, 7) is 2.27. The van der Waals surface area contributed by atoms with E-state index in [9.17, 15) is 0 Å².